The number of nitrogens with zero attached hydrogens (tertiary/aromatic N) is 1. The van der Waals surface area contributed by atoms with Crippen LogP contribution in [0.15, 0.2) is 0 Å². The van der Waals surface area contributed by atoms with Gasteiger partial charge in [-0.1, -0.05) is 11.8 Å². The van der Waals surface area contributed by atoms with E-state index < -0.39 is 7.52 Å². The molecule has 1 unspecified atom stereocenters. The van der Waals surface area contributed by atoms with Crippen molar-refractivity contribution in [2.24, 2.45) is 0 Å². The second kappa shape index (κ2) is 2.58. The van der Waals surface area contributed by atoms with Crippen LogP contribution in [0.4, 0.5) is 4.48 Å². The fourth-order valence-corrected chi connectivity index (χ4v) is 0.585. The summed E-state index contributed by atoms with van der Waals surface area (Å²) in [6, 6.07) is 0. The predicted octanol–water partition coefficient (Wildman–Crippen LogP) is 1.01. The molecule has 0 aliphatic rings. The van der Waals surface area contributed by atoms with E-state index in [1.807, 2.05) is 0 Å². The average molecular weight is 141 g/mol. The molecule has 0 fully saturated rings. The highest BCUT2D eigenvalue weighted by atomic mass is 31.2. The highest BCUT2D eigenvalue weighted by molar-refractivity contribution is 7.55. The van der Waals surface area contributed by atoms with Crippen LogP contribution in [0.5, 0.6) is 0 Å². The zero-order valence-corrected chi connectivity index (χ0v) is 5.73. The average Bonchev–Trinajstić information content (AvgIpc) is 1.67. The maximum absolute atomic E-state index is 11.8. The molecule has 0 saturated carbocycles. The Morgan fingerprint density at radius 1 is 1.88 bits per heavy atom. The SMILES string of the molecule is CCP(=O)(O)N(C)F. The van der Waals surface area contributed by atoms with Crippen LogP contribution in [0.2, 0.25) is 0 Å². The van der Waals surface area contributed by atoms with E-state index in [0.717, 1.165) is 7.05 Å². The van der Waals surface area contributed by atoms with E-state index in [1.54, 1.807) is 0 Å². The number of halogens is 1. The molecule has 0 heterocycles. The van der Waals surface area contributed by atoms with Gasteiger partial charge in [-0.05, 0) is 0 Å². The molecule has 1 N–H and O–H groups in total. The van der Waals surface area contributed by atoms with Crippen molar-refractivity contribution in [3.63, 3.8) is 0 Å². The van der Waals surface area contributed by atoms with E-state index in [-0.39, 0.29) is 11.1 Å². The quantitative estimate of drug-likeness (QED) is 0.460. The van der Waals surface area contributed by atoms with Crippen molar-refractivity contribution >= 4 is 7.52 Å². The summed E-state index contributed by atoms with van der Waals surface area (Å²) in [5.41, 5.74) is 0. The first-order valence-electron chi connectivity index (χ1n) is 2.22. The van der Waals surface area contributed by atoms with Gasteiger partial charge in [-0.3, -0.25) is 4.57 Å². The third kappa shape index (κ3) is 1.90. The lowest BCUT2D eigenvalue weighted by Gasteiger charge is -2.10. The summed E-state index contributed by atoms with van der Waals surface area (Å²) in [5.74, 6) is 0. The van der Waals surface area contributed by atoms with Gasteiger partial charge in [-0.15, -0.1) is 4.48 Å². The largest absolute Gasteiger partial charge is 0.332 e. The summed E-state index contributed by atoms with van der Waals surface area (Å²) >= 11 is 0. The molecule has 0 bridgehead atoms. The van der Waals surface area contributed by atoms with Crippen LogP contribution in [-0.2, 0) is 4.57 Å². The van der Waals surface area contributed by atoms with Crippen LogP contribution in [0.3, 0.4) is 0 Å². The van der Waals surface area contributed by atoms with Crippen molar-refractivity contribution in [1.29, 1.82) is 0 Å². The predicted molar refractivity (Wildman–Crippen MR) is 29.2 cm³/mol. The topological polar surface area (TPSA) is 40.5 Å². The Morgan fingerprint density at radius 2 is 2.25 bits per heavy atom. The van der Waals surface area contributed by atoms with Gasteiger partial charge in [-0.25, -0.2) is 0 Å². The van der Waals surface area contributed by atoms with E-state index in [9.17, 15) is 9.05 Å². The van der Waals surface area contributed by atoms with Gasteiger partial charge in [0.15, 0.2) is 0 Å². The minimum absolute atomic E-state index is 0.0556. The molecular formula is C3H9FNO2P. The van der Waals surface area contributed by atoms with Crippen LogP contribution in [0, 0.1) is 0 Å². The van der Waals surface area contributed by atoms with E-state index >= 15 is 0 Å². The first-order chi connectivity index (χ1) is 3.50. The van der Waals surface area contributed by atoms with Gasteiger partial charge in [0.05, 0.1) is 0 Å². The molecule has 0 aromatic carbocycles. The molecule has 0 radical (unpaired) electrons. The highest BCUT2D eigenvalue weighted by Gasteiger charge is 2.20. The minimum atomic E-state index is -3.58. The zero-order chi connectivity index (χ0) is 6.78. The molecule has 3 nitrogen and oxygen atoms in total. The Labute approximate surface area is 47.6 Å². The van der Waals surface area contributed by atoms with Crippen molar-refractivity contribution in [2.45, 2.75) is 6.92 Å². The van der Waals surface area contributed by atoms with Crippen molar-refractivity contribution in [3.05, 3.63) is 0 Å². The molecule has 0 aliphatic carbocycles. The van der Waals surface area contributed by atoms with E-state index in [0.29, 0.717) is 0 Å². The molecule has 0 amide bonds. The molecule has 50 valence electrons. The lowest BCUT2D eigenvalue weighted by Crippen LogP contribution is -2.03. The van der Waals surface area contributed by atoms with Crippen LogP contribution in [0.1, 0.15) is 6.92 Å². The molecule has 0 aromatic heterocycles. The smallest absolute Gasteiger partial charge is 0.296 e. The molecule has 8 heavy (non-hydrogen) atoms. The molecule has 0 saturated heterocycles. The number of hydrogen-bond donors (Lipinski definition) is 1. The summed E-state index contributed by atoms with van der Waals surface area (Å²) in [6.45, 7) is 1.46. The fraction of sp³-hybridized carbons (Fsp3) is 1.00. The third-order valence-corrected chi connectivity index (χ3v) is 2.53. The maximum atomic E-state index is 11.8. The Morgan fingerprint density at radius 3 is 2.25 bits per heavy atom. The van der Waals surface area contributed by atoms with E-state index in [1.165, 1.54) is 6.92 Å². The van der Waals surface area contributed by atoms with Crippen LogP contribution in [0.25, 0.3) is 0 Å². The van der Waals surface area contributed by atoms with E-state index in [4.69, 9.17) is 4.89 Å². The van der Waals surface area contributed by atoms with Crippen LogP contribution < -0.4 is 0 Å². The Bertz CT molecular complexity index is 116. The first kappa shape index (κ1) is 8.08. The van der Waals surface area contributed by atoms with E-state index in [2.05, 4.69) is 0 Å². The standard InChI is InChI=1S/C3H9FNO2P/c1-3-8(6,7)5(2)4/h3H2,1-2H3,(H,6,7). The maximum Gasteiger partial charge on any atom is 0.296 e. The molecule has 0 aliphatic heterocycles. The van der Waals surface area contributed by atoms with Gasteiger partial charge in [0.2, 0.25) is 0 Å². The van der Waals surface area contributed by atoms with Crippen molar-refractivity contribution in [2.75, 3.05) is 13.2 Å². The Hall–Kier alpha value is 0.0800. The Kier molecular flexibility index (Phi) is 2.60. The second-order valence-electron chi connectivity index (χ2n) is 1.43. The van der Waals surface area contributed by atoms with Crippen molar-refractivity contribution in [3.8, 4) is 0 Å². The van der Waals surface area contributed by atoms with Gasteiger partial charge in [0.1, 0.15) is 0 Å². The summed E-state index contributed by atoms with van der Waals surface area (Å²) < 4.78 is 22.2. The minimum Gasteiger partial charge on any atom is -0.332 e. The molecular weight excluding hydrogens is 132 g/mol. The summed E-state index contributed by atoms with van der Waals surface area (Å²) in [5, 5.41) is 0. The highest BCUT2D eigenvalue weighted by Crippen LogP contribution is 2.42. The van der Waals surface area contributed by atoms with Crippen molar-refractivity contribution < 1.29 is 13.9 Å². The monoisotopic (exact) mass is 141 g/mol. The van der Waals surface area contributed by atoms with Crippen LogP contribution >= 0.6 is 7.52 Å². The number of rotatable bonds is 2. The lowest BCUT2D eigenvalue weighted by atomic mass is 11.0. The second-order valence-corrected chi connectivity index (χ2v) is 3.94. The summed E-state index contributed by atoms with van der Waals surface area (Å²) in [7, 11) is -2.64. The van der Waals surface area contributed by atoms with Gasteiger partial charge < -0.3 is 4.89 Å². The molecule has 0 rings (SSSR count). The zero-order valence-electron chi connectivity index (χ0n) is 4.83. The third-order valence-electron chi connectivity index (χ3n) is 0.843. The molecule has 0 spiro atoms. The molecule has 0 aromatic rings. The normalized spacial score (nSPS) is 18.6. The molecule has 5 heteroatoms. The molecule has 1 atom stereocenters. The van der Waals surface area contributed by atoms with Gasteiger partial charge in [-0.2, -0.15) is 0 Å². The summed E-state index contributed by atoms with van der Waals surface area (Å²) in [6.07, 6.45) is -0.0556. The van der Waals surface area contributed by atoms with Gasteiger partial charge in [0.25, 0.3) is 7.52 Å². The summed E-state index contributed by atoms with van der Waals surface area (Å²) in [4.78, 5) is 8.36. The van der Waals surface area contributed by atoms with Gasteiger partial charge >= 0.3 is 0 Å². The van der Waals surface area contributed by atoms with Crippen LogP contribution in [-0.4, -0.2) is 23.0 Å². The first-order valence-corrected chi connectivity index (χ1v) is 4.02. The van der Waals surface area contributed by atoms with Crippen molar-refractivity contribution in [1.82, 2.24) is 4.89 Å². The lowest BCUT2D eigenvalue weighted by molar-refractivity contribution is 0.152. The van der Waals surface area contributed by atoms with Gasteiger partial charge in [0, 0.05) is 13.2 Å². The Balaban J connectivity index is 3.93. The number of hydrogen-bond acceptors (Lipinski definition) is 1. The fourth-order valence-electron chi connectivity index (χ4n) is 0.195.